The number of rotatable bonds is 3. The lowest BCUT2D eigenvalue weighted by molar-refractivity contribution is -0.138. The second-order valence-electron chi connectivity index (χ2n) is 3.00. The molecule has 1 aromatic rings. The number of nitrogens with two attached hydrogens (primary N) is 2. The maximum Gasteiger partial charge on any atom is 0.320 e. The molecule has 5 heteroatoms. The molecule has 1 atom stereocenters. The topological polar surface area (TPSA) is 89.3 Å². The van der Waals surface area contributed by atoms with Gasteiger partial charge in [0.25, 0.3) is 0 Å². The second-order valence-corrected chi connectivity index (χ2v) is 3.86. The minimum atomic E-state index is -1.01. The fourth-order valence-corrected chi connectivity index (χ4v) is 1.31. The summed E-state index contributed by atoms with van der Waals surface area (Å²) in [4.78, 5) is 10.5. The van der Waals surface area contributed by atoms with Crippen molar-refractivity contribution in [2.75, 3.05) is 5.73 Å². The average Bonchev–Trinajstić information content (AvgIpc) is 2.11. The molecule has 0 aliphatic heterocycles. The fraction of sp³-hybridized carbons (Fsp3) is 0.222. The van der Waals surface area contributed by atoms with Crippen LogP contribution in [0.3, 0.4) is 0 Å². The molecule has 0 aliphatic rings. The third-order valence-electron chi connectivity index (χ3n) is 1.83. The SMILES string of the molecule is Nc1cc(C[C@H](N)C(=O)O)ccc1Br. The first kappa shape index (κ1) is 11.0. The monoisotopic (exact) mass is 258 g/mol. The summed E-state index contributed by atoms with van der Waals surface area (Å²) in [6, 6.07) is 4.41. The van der Waals surface area contributed by atoms with Crippen LogP contribution < -0.4 is 11.5 Å². The van der Waals surface area contributed by atoms with Crippen molar-refractivity contribution < 1.29 is 9.90 Å². The van der Waals surface area contributed by atoms with E-state index in [0.717, 1.165) is 10.0 Å². The molecular weight excluding hydrogens is 248 g/mol. The Bertz CT molecular complexity index is 355. The number of anilines is 1. The first-order valence-electron chi connectivity index (χ1n) is 4.03. The average molecular weight is 259 g/mol. The van der Waals surface area contributed by atoms with Gasteiger partial charge in [-0.15, -0.1) is 0 Å². The summed E-state index contributed by atoms with van der Waals surface area (Å²) in [5, 5.41) is 8.60. The lowest BCUT2D eigenvalue weighted by Crippen LogP contribution is -2.32. The lowest BCUT2D eigenvalue weighted by atomic mass is 10.1. The van der Waals surface area contributed by atoms with Crippen molar-refractivity contribution in [3.05, 3.63) is 28.2 Å². The van der Waals surface area contributed by atoms with E-state index in [1.807, 2.05) is 0 Å². The van der Waals surface area contributed by atoms with Crippen LogP contribution in [0, 0.1) is 0 Å². The summed E-state index contributed by atoms with van der Waals surface area (Å²) in [6.07, 6.45) is 0.285. The molecule has 0 amide bonds. The molecule has 0 saturated carbocycles. The number of aliphatic carboxylic acids is 1. The normalized spacial score (nSPS) is 12.4. The molecule has 5 N–H and O–H groups in total. The molecule has 0 heterocycles. The minimum absolute atomic E-state index is 0.285. The van der Waals surface area contributed by atoms with Crippen LogP contribution in [-0.2, 0) is 11.2 Å². The zero-order valence-electron chi connectivity index (χ0n) is 7.40. The molecule has 1 rings (SSSR count). The number of carbonyl (C=O) groups is 1. The van der Waals surface area contributed by atoms with Crippen LogP contribution in [0.2, 0.25) is 0 Å². The van der Waals surface area contributed by atoms with Crippen molar-refractivity contribution >= 4 is 27.6 Å². The standard InChI is InChI=1S/C9H11BrN2O2/c10-6-2-1-5(3-7(6)11)4-8(12)9(13)14/h1-3,8H,4,11-12H2,(H,13,14)/t8-/m0/s1. The number of benzene rings is 1. The fourth-order valence-electron chi connectivity index (χ4n) is 1.06. The van der Waals surface area contributed by atoms with Crippen molar-refractivity contribution in [3.8, 4) is 0 Å². The highest BCUT2D eigenvalue weighted by Gasteiger charge is 2.12. The molecule has 76 valence electrons. The molecule has 1 aromatic carbocycles. The Morgan fingerprint density at radius 1 is 1.57 bits per heavy atom. The highest BCUT2D eigenvalue weighted by atomic mass is 79.9. The van der Waals surface area contributed by atoms with E-state index in [2.05, 4.69) is 15.9 Å². The van der Waals surface area contributed by atoms with Crippen molar-refractivity contribution in [1.82, 2.24) is 0 Å². The Morgan fingerprint density at radius 3 is 2.71 bits per heavy atom. The third kappa shape index (κ3) is 2.71. The molecule has 0 bridgehead atoms. The number of hydrogen-bond donors (Lipinski definition) is 3. The molecule has 0 spiro atoms. The van der Waals surface area contributed by atoms with Crippen LogP contribution in [0.4, 0.5) is 5.69 Å². The van der Waals surface area contributed by atoms with Crippen molar-refractivity contribution in [2.24, 2.45) is 5.73 Å². The van der Waals surface area contributed by atoms with E-state index in [1.165, 1.54) is 0 Å². The zero-order valence-corrected chi connectivity index (χ0v) is 8.99. The first-order chi connectivity index (χ1) is 6.50. The Labute approximate surface area is 90.0 Å². The quantitative estimate of drug-likeness (QED) is 0.706. The van der Waals surface area contributed by atoms with Gasteiger partial charge in [0.05, 0.1) is 0 Å². The summed E-state index contributed by atoms with van der Waals surface area (Å²) in [6.45, 7) is 0. The van der Waals surface area contributed by atoms with Crippen LogP contribution in [0.5, 0.6) is 0 Å². The highest BCUT2D eigenvalue weighted by molar-refractivity contribution is 9.10. The maximum atomic E-state index is 10.5. The van der Waals surface area contributed by atoms with Gasteiger partial charge in [-0.3, -0.25) is 4.79 Å². The summed E-state index contributed by atoms with van der Waals surface area (Å²) in [5.74, 6) is -1.01. The molecule has 0 fully saturated rings. The predicted molar refractivity (Wildman–Crippen MR) is 57.9 cm³/mol. The summed E-state index contributed by atoms with van der Waals surface area (Å²) >= 11 is 3.25. The molecular formula is C9H11BrN2O2. The van der Waals surface area contributed by atoms with Gasteiger partial charge in [-0.05, 0) is 40.0 Å². The summed E-state index contributed by atoms with van der Waals surface area (Å²) in [7, 11) is 0. The Balaban J connectivity index is 2.78. The molecule has 0 saturated heterocycles. The number of carboxylic acids is 1. The molecule has 0 unspecified atom stereocenters. The predicted octanol–water partition coefficient (Wildman–Crippen LogP) is 0.986. The maximum absolute atomic E-state index is 10.5. The van der Waals surface area contributed by atoms with Gasteiger partial charge in [-0.25, -0.2) is 0 Å². The zero-order chi connectivity index (χ0) is 10.7. The van der Waals surface area contributed by atoms with Gasteiger partial charge in [0.2, 0.25) is 0 Å². The van der Waals surface area contributed by atoms with Crippen LogP contribution in [0.15, 0.2) is 22.7 Å². The van der Waals surface area contributed by atoms with E-state index in [1.54, 1.807) is 18.2 Å². The summed E-state index contributed by atoms with van der Waals surface area (Å²) < 4.78 is 0.796. The van der Waals surface area contributed by atoms with Crippen LogP contribution in [0.1, 0.15) is 5.56 Å². The number of hydrogen-bond acceptors (Lipinski definition) is 3. The van der Waals surface area contributed by atoms with Crippen molar-refractivity contribution in [1.29, 1.82) is 0 Å². The van der Waals surface area contributed by atoms with Crippen LogP contribution in [0.25, 0.3) is 0 Å². The van der Waals surface area contributed by atoms with E-state index in [9.17, 15) is 4.79 Å². The number of carboxylic acid groups (broad SMARTS) is 1. The van der Waals surface area contributed by atoms with Gasteiger partial charge in [-0.2, -0.15) is 0 Å². The van der Waals surface area contributed by atoms with Crippen LogP contribution in [-0.4, -0.2) is 17.1 Å². The van der Waals surface area contributed by atoms with E-state index in [4.69, 9.17) is 16.6 Å². The Morgan fingerprint density at radius 2 is 2.21 bits per heavy atom. The highest BCUT2D eigenvalue weighted by Crippen LogP contribution is 2.20. The number of halogens is 1. The Hall–Kier alpha value is -1.07. The van der Waals surface area contributed by atoms with Gasteiger partial charge in [0.15, 0.2) is 0 Å². The van der Waals surface area contributed by atoms with E-state index in [-0.39, 0.29) is 6.42 Å². The van der Waals surface area contributed by atoms with Gasteiger partial charge < -0.3 is 16.6 Å². The van der Waals surface area contributed by atoms with Gasteiger partial charge >= 0.3 is 5.97 Å². The van der Waals surface area contributed by atoms with Gasteiger partial charge in [-0.1, -0.05) is 6.07 Å². The smallest absolute Gasteiger partial charge is 0.320 e. The number of nitrogen functional groups attached to an aromatic ring is 1. The van der Waals surface area contributed by atoms with Crippen molar-refractivity contribution in [2.45, 2.75) is 12.5 Å². The largest absolute Gasteiger partial charge is 0.480 e. The molecule has 4 nitrogen and oxygen atoms in total. The van der Waals surface area contributed by atoms with E-state index >= 15 is 0 Å². The second kappa shape index (κ2) is 4.43. The summed E-state index contributed by atoms with van der Waals surface area (Å²) in [5.41, 5.74) is 12.4. The van der Waals surface area contributed by atoms with E-state index < -0.39 is 12.0 Å². The van der Waals surface area contributed by atoms with Gasteiger partial charge in [0, 0.05) is 10.2 Å². The lowest BCUT2D eigenvalue weighted by Gasteiger charge is -2.07. The van der Waals surface area contributed by atoms with Crippen molar-refractivity contribution in [3.63, 3.8) is 0 Å². The molecule has 0 aromatic heterocycles. The third-order valence-corrected chi connectivity index (χ3v) is 2.56. The van der Waals surface area contributed by atoms with Gasteiger partial charge in [0.1, 0.15) is 6.04 Å². The molecule has 0 aliphatic carbocycles. The molecule has 14 heavy (non-hydrogen) atoms. The minimum Gasteiger partial charge on any atom is -0.480 e. The Kier molecular flexibility index (Phi) is 3.49. The molecule has 0 radical (unpaired) electrons. The first-order valence-corrected chi connectivity index (χ1v) is 4.82. The van der Waals surface area contributed by atoms with Crippen LogP contribution >= 0.6 is 15.9 Å². The van der Waals surface area contributed by atoms with E-state index in [0.29, 0.717) is 5.69 Å².